The molecule has 8 nitrogen and oxygen atoms in total. The number of nitro benzene ring substituents is 1. The predicted octanol–water partition coefficient (Wildman–Crippen LogP) is 4.63. The second-order valence-electron chi connectivity index (χ2n) is 7.30. The Bertz CT molecular complexity index is 1210. The number of anilines is 1. The second kappa shape index (κ2) is 9.66. The molecule has 0 aliphatic carbocycles. The van der Waals surface area contributed by atoms with Gasteiger partial charge < -0.3 is 5.32 Å². The highest BCUT2D eigenvalue weighted by molar-refractivity contribution is 7.99. The number of thioether (sulfide) groups is 1. The summed E-state index contributed by atoms with van der Waals surface area (Å²) in [7, 11) is 0. The molecule has 1 aliphatic heterocycles. The molecule has 9 heteroatoms. The number of nitro groups is 1. The van der Waals surface area contributed by atoms with Gasteiger partial charge in [-0.3, -0.25) is 29.4 Å². The number of non-ortho nitro benzene ring substituents is 1. The van der Waals surface area contributed by atoms with Gasteiger partial charge in [0.2, 0.25) is 0 Å². The summed E-state index contributed by atoms with van der Waals surface area (Å²) in [5.41, 5.74) is 1.55. The first-order chi connectivity index (χ1) is 15.9. The number of nitrogens with zero attached hydrogens (tertiary/aromatic N) is 2. The molecule has 1 heterocycles. The largest absolute Gasteiger partial charge is 0.322 e. The van der Waals surface area contributed by atoms with Crippen molar-refractivity contribution in [2.75, 3.05) is 17.6 Å². The summed E-state index contributed by atoms with van der Waals surface area (Å²) in [5, 5.41) is 13.6. The zero-order valence-electron chi connectivity index (χ0n) is 17.4. The van der Waals surface area contributed by atoms with E-state index in [-0.39, 0.29) is 23.1 Å². The second-order valence-corrected chi connectivity index (χ2v) is 8.46. The van der Waals surface area contributed by atoms with Crippen molar-refractivity contribution >= 4 is 40.9 Å². The standard InChI is InChI=1S/C24H19N3O5S/c28-22(16-5-3-6-18(15-16)27(31)32)25-17-9-11-19(12-10-17)33-14-4-13-26-23(29)20-7-1-2-8-21(20)24(26)30/h1-3,5-12,15H,4,13-14H2,(H,25,28). The number of hydrogen-bond acceptors (Lipinski definition) is 6. The van der Waals surface area contributed by atoms with E-state index in [0.29, 0.717) is 35.5 Å². The summed E-state index contributed by atoms with van der Waals surface area (Å²) in [6.45, 7) is 0.358. The molecule has 33 heavy (non-hydrogen) atoms. The fraction of sp³-hybridized carbons (Fsp3) is 0.125. The lowest BCUT2D eigenvalue weighted by Crippen LogP contribution is -2.30. The molecule has 0 spiro atoms. The van der Waals surface area contributed by atoms with Crippen LogP contribution in [0.4, 0.5) is 11.4 Å². The van der Waals surface area contributed by atoms with Crippen molar-refractivity contribution in [3.8, 4) is 0 Å². The van der Waals surface area contributed by atoms with Crippen LogP contribution in [-0.4, -0.2) is 39.8 Å². The van der Waals surface area contributed by atoms with Crippen LogP contribution in [0.15, 0.2) is 77.7 Å². The zero-order chi connectivity index (χ0) is 23.4. The summed E-state index contributed by atoms with van der Waals surface area (Å²) in [5.74, 6) is -0.207. The van der Waals surface area contributed by atoms with E-state index in [2.05, 4.69) is 5.32 Å². The van der Waals surface area contributed by atoms with E-state index in [4.69, 9.17) is 0 Å². The number of rotatable bonds is 8. The molecule has 0 radical (unpaired) electrons. The summed E-state index contributed by atoms with van der Waals surface area (Å²) in [6, 6.07) is 19.6. The highest BCUT2D eigenvalue weighted by atomic mass is 32.2. The minimum atomic E-state index is -0.544. The first-order valence-corrected chi connectivity index (χ1v) is 11.2. The highest BCUT2D eigenvalue weighted by Crippen LogP contribution is 2.25. The minimum absolute atomic E-state index is 0.143. The van der Waals surface area contributed by atoms with Crippen LogP contribution in [0.25, 0.3) is 0 Å². The summed E-state index contributed by atoms with van der Waals surface area (Å²) in [4.78, 5) is 49.7. The van der Waals surface area contributed by atoms with Crippen molar-refractivity contribution < 1.29 is 19.3 Å². The molecule has 0 saturated carbocycles. The summed E-state index contributed by atoms with van der Waals surface area (Å²) in [6.07, 6.45) is 0.654. The molecule has 3 amide bonds. The Balaban J connectivity index is 1.26. The summed E-state index contributed by atoms with van der Waals surface area (Å²) < 4.78 is 0. The van der Waals surface area contributed by atoms with Gasteiger partial charge in [0.25, 0.3) is 23.4 Å². The molecule has 3 aromatic carbocycles. The van der Waals surface area contributed by atoms with Gasteiger partial charge in [-0.2, -0.15) is 0 Å². The smallest absolute Gasteiger partial charge is 0.270 e. The van der Waals surface area contributed by atoms with Gasteiger partial charge in [0, 0.05) is 34.8 Å². The van der Waals surface area contributed by atoms with E-state index in [1.54, 1.807) is 48.2 Å². The normalized spacial score (nSPS) is 12.5. The Labute approximate surface area is 193 Å². The Morgan fingerprint density at radius 2 is 1.61 bits per heavy atom. The van der Waals surface area contributed by atoms with Crippen molar-refractivity contribution in [3.05, 3.63) is 99.6 Å². The van der Waals surface area contributed by atoms with Crippen LogP contribution in [0.2, 0.25) is 0 Å². The maximum atomic E-state index is 12.4. The molecule has 0 aromatic heterocycles. The third kappa shape index (κ3) is 4.93. The lowest BCUT2D eigenvalue weighted by atomic mass is 10.1. The van der Waals surface area contributed by atoms with E-state index in [1.807, 2.05) is 12.1 Å². The molecule has 1 N–H and O–H groups in total. The number of imide groups is 1. The molecule has 1 aliphatic rings. The number of fused-ring (bicyclic) bond motifs is 1. The topological polar surface area (TPSA) is 110 Å². The van der Waals surface area contributed by atoms with Gasteiger partial charge in [-0.05, 0) is 54.6 Å². The van der Waals surface area contributed by atoms with Crippen LogP contribution in [0, 0.1) is 10.1 Å². The number of carbonyl (C=O) groups excluding carboxylic acids is 3. The maximum absolute atomic E-state index is 12.4. The van der Waals surface area contributed by atoms with Gasteiger partial charge in [-0.25, -0.2) is 0 Å². The molecule has 0 unspecified atom stereocenters. The van der Waals surface area contributed by atoms with Crippen LogP contribution in [0.1, 0.15) is 37.5 Å². The Hall–Kier alpha value is -3.98. The molecule has 0 atom stereocenters. The number of carbonyl (C=O) groups is 3. The minimum Gasteiger partial charge on any atom is -0.322 e. The molecule has 0 fully saturated rings. The third-order valence-electron chi connectivity index (χ3n) is 5.10. The molecular formula is C24H19N3O5S. The average Bonchev–Trinajstić information content (AvgIpc) is 3.07. The van der Waals surface area contributed by atoms with Gasteiger partial charge in [0.15, 0.2) is 0 Å². The number of benzene rings is 3. The van der Waals surface area contributed by atoms with Crippen molar-refractivity contribution in [1.82, 2.24) is 4.90 Å². The number of hydrogen-bond donors (Lipinski definition) is 1. The SMILES string of the molecule is O=C(Nc1ccc(SCCCN2C(=O)c3ccccc3C2=O)cc1)c1cccc([N+](=O)[O-])c1. The molecule has 166 valence electrons. The molecule has 3 aromatic rings. The molecule has 4 rings (SSSR count). The van der Waals surface area contributed by atoms with Gasteiger partial charge in [0.1, 0.15) is 0 Å². The van der Waals surface area contributed by atoms with E-state index in [1.165, 1.54) is 29.2 Å². The average molecular weight is 461 g/mol. The van der Waals surface area contributed by atoms with Crippen LogP contribution in [0.3, 0.4) is 0 Å². The van der Waals surface area contributed by atoms with Crippen molar-refractivity contribution in [2.45, 2.75) is 11.3 Å². The first kappa shape index (κ1) is 22.2. The van der Waals surface area contributed by atoms with Gasteiger partial charge in [-0.15, -0.1) is 11.8 Å². The lowest BCUT2D eigenvalue weighted by Gasteiger charge is -2.13. The van der Waals surface area contributed by atoms with Crippen molar-refractivity contribution in [3.63, 3.8) is 0 Å². The van der Waals surface area contributed by atoms with Gasteiger partial charge in [-0.1, -0.05) is 18.2 Å². The fourth-order valence-electron chi connectivity index (χ4n) is 3.45. The monoisotopic (exact) mass is 461 g/mol. The third-order valence-corrected chi connectivity index (χ3v) is 6.20. The molecular weight excluding hydrogens is 442 g/mol. The Kier molecular flexibility index (Phi) is 6.50. The Morgan fingerprint density at radius 1 is 0.939 bits per heavy atom. The van der Waals surface area contributed by atoms with Gasteiger partial charge in [0.05, 0.1) is 16.1 Å². The van der Waals surface area contributed by atoms with Crippen LogP contribution >= 0.6 is 11.8 Å². The maximum Gasteiger partial charge on any atom is 0.270 e. The van der Waals surface area contributed by atoms with E-state index in [0.717, 1.165) is 4.90 Å². The molecule has 0 bridgehead atoms. The lowest BCUT2D eigenvalue weighted by molar-refractivity contribution is -0.384. The molecule has 0 saturated heterocycles. The first-order valence-electron chi connectivity index (χ1n) is 10.2. The van der Waals surface area contributed by atoms with Crippen LogP contribution in [0.5, 0.6) is 0 Å². The van der Waals surface area contributed by atoms with Crippen molar-refractivity contribution in [1.29, 1.82) is 0 Å². The van der Waals surface area contributed by atoms with Crippen LogP contribution < -0.4 is 5.32 Å². The van der Waals surface area contributed by atoms with E-state index in [9.17, 15) is 24.5 Å². The zero-order valence-corrected chi connectivity index (χ0v) is 18.2. The van der Waals surface area contributed by atoms with Gasteiger partial charge >= 0.3 is 0 Å². The van der Waals surface area contributed by atoms with E-state index < -0.39 is 10.8 Å². The highest BCUT2D eigenvalue weighted by Gasteiger charge is 2.34. The van der Waals surface area contributed by atoms with Crippen molar-refractivity contribution in [2.24, 2.45) is 0 Å². The number of amides is 3. The quantitative estimate of drug-likeness (QED) is 0.172. The fourth-order valence-corrected chi connectivity index (χ4v) is 4.29. The predicted molar refractivity (Wildman–Crippen MR) is 125 cm³/mol. The summed E-state index contributed by atoms with van der Waals surface area (Å²) >= 11 is 1.58. The van der Waals surface area contributed by atoms with E-state index >= 15 is 0 Å². The van der Waals surface area contributed by atoms with Crippen LogP contribution in [-0.2, 0) is 0 Å². The Morgan fingerprint density at radius 3 is 2.24 bits per heavy atom. The number of nitrogens with one attached hydrogen (secondary N) is 1.